The van der Waals surface area contributed by atoms with Gasteiger partial charge in [0, 0.05) is 17.7 Å². The molecule has 0 spiro atoms. The zero-order chi connectivity index (χ0) is 32.0. The second-order valence-corrected chi connectivity index (χ2v) is 10.3. The lowest BCUT2D eigenvalue weighted by Gasteiger charge is -2.45. The Labute approximate surface area is 246 Å². The maximum Gasteiger partial charge on any atom is 0.238 e. The van der Waals surface area contributed by atoms with Crippen LogP contribution in [-0.2, 0) is 14.2 Å². The highest BCUT2D eigenvalue weighted by Gasteiger charge is 2.51. The van der Waals surface area contributed by atoms with Gasteiger partial charge in [-0.25, -0.2) is 0 Å². The number of aliphatic hydroxyl groups is 7. The van der Waals surface area contributed by atoms with Crippen LogP contribution >= 0.6 is 0 Å². The smallest absolute Gasteiger partial charge is 0.238 e. The SMILES string of the molecule is O=c1c(O)c(-c2ccc(O)c(O)c2)oc2cc(O[C@@H]3O[C@H](CO)[C@@H](O[C@H]4O[C@H](CO)[C@@H](O)[C@H](O)[C@H]4O)[C@H](O)[C@H]3O)cc(O)c12. The number of hydrogen-bond acceptors (Lipinski definition) is 17. The van der Waals surface area contributed by atoms with Gasteiger partial charge in [0.1, 0.15) is 71.3 Å². The Morgan fingerprint density at radius 1 is 0.705 bits per heavy atom. The molecule has 2 aliphatic rings. The molecule has 240 valence electrons. The fourth-order valence-corrected chi connectivity index (χ4v) is 4.98. The number of fused-ring (bicyclic) bond motifs is 1. The molecule has 0 unspecified atom stereocenters. The van der Waals surface area contributed by atoms with Crippen LogP contribution in [0.1, 0.15) is 0 Å². The van der Waals surface area contributed by atoms with Crippen LogP contribution in [0.5, 0.6) is 28.7 Å². The summed E-state index contributed by atoms with van der Waals surface area (Å²) in [5.74, 6) is -3.36. The normalized spacial score (nSPS) is 32.5. The number of aliphatic hydroxyl groups excluding tert-OH is 7. The highest BCUT2D eigenvalue weighted by Crippen LogP contribution is 2.39. The Balaban J connectivity index is 1.40. The fourth-order valence-electron chi connectivity index (χ4n) is 4.98. The number of benzene rings is 2. The molecule has 0 aliphatic carbocycles. The van der Waals surface area contributed by atoms with E-state index in [1.807, 2.05) is 0 Å². The van der Waals surface area contributed by atoms with Crippen molar-refractivity contribution in [3.8, 4) is 40.1 Å². The molecule has 44 heavy (non-hydrogen) atoms. The zero-order valence-electron chi connectivity index (χ0n) is 22.4. The summed E-state index contributed by atoms with van der Waals surface area (Å²) >= 11 is 0. The van der Waals surface area contributed by atoms with Crippen LogP contribution in [0.15, 0.2) is 39.5 Å². The zero-order valence-corrected chi connectivity index (χ0v) is 22.4. The molecule has 10 atom stereocenters. The molecule has 1 aromatic heterocycles. The summed E-state index contributed by atoms with van der Waals surface area (Å²) in [6.45, 7) is -1.58. The Morgan fingerprint density at radius 2 is 1.36 bits per heavy atom. The third kappa shape index (κ3) is 5.61. The molecule has 5 rings (SSSR count). The summed E-state index contributed by atoms with van der Waals surface area (Å²) in [5, 5.41) is 111. The van der Waals surface area contributed by atoms with Crippen molar-refractivity contribution >= 4 is 11.0 Å². The molecule has 2 fully saturated rings. The third-order valence-electron chi connectivity index (χ3n) is 7.37. The van der Waals surface area contributed by atoms with Gasteiger partial charge >= 0.3 is 0 Å². The first-order chi connectivity index (χ1) is 20.9. The Morgan fingerprint density at radius 3 is 2.02 bits per heavy atom. The molecule has 3 heterocycles. The Kier molecular flexibility index (Phi) is 8.87. The van der Waals surface area contributed by atoms with Crippen molar-refractivity contribution in [1.29, 1.82) is 0 Å². The van der Waals surface area contributed by atoms with Crippen molar-refractivity contribution in [3.63, 3.8) is 0 Å². The van der Waals surface area contributed by atoms with Crippen molar-refractivity contribution in [3.05, 3.63) is 40.6 Å². The molecule has 2 aliphatic heterocycles. The number of rotatable bonds is 7. The summed E-state index contributed by atoms with van der Waals surface area (Å²) in [5.41, 5.74) is -1.37. The average molecular weight is 627 g/mol. The summed E-state index contributed by atoms with van der Waals surface area (Å²) in [7, 11) is 0. The topological polar surface area (TPSA) is 290 Å². The van der Waals surface area contributed by atoms with E-state index in [0.717, 1.165) is 24.3 Å². The average Bonchev–Trinajstić information content (AvgIpc) is 2.99. The van der Waals surface area contributed by atoms with Crippen molar-refractivity contribution in [2.75, 3.05) is 13.2 Å². The molecule has 3 aromatic rings. The Bertz CT molecular complexity index is 1550. The molecule has 0 bridgehead atoms. The lowest BCUT2D eigenvalue weighted by Crippen LogP contribution is -2.65. The van der Waals surface area contributed by atoms with Crippen LogP contribution in [0.3, 0.4) is 0 Å². The molecule has 17 heteroatoms. The van der Waals surface area contributed by atoms with E-state index >= 15 is 0 Å². The minimum Gasteiger partial charge on any atom is -0.507 e. The van der Waals surface area contributed by atoms with Gasteiger partial charge in [0.15, 0.2) is 23.5 Å². The van der Waals surface area contributed by atoms with Crippen LogP contribution in [0.25, 0.3) is 22.3 Å². The first-order valence-electron chi connectivity index (χ1n) is 13.2. The fraction of sp³-hybridized carbons (Fsp3) is 0.444. The predicted molar refractivity (Wildman–Crippen MR) is 142 cm³/mol. The molecular weight excluding hydrogens is 596 g/mol. The van der Waals surface area contributed by atoms with E-state index < -0.39 is 114 Å². The standard InChI is InChI=1S/C27H30O17/c28-6-14-17(33)19(35)22(38)27(42-14)44-25-15(7-29)43-26(23(39)21(25)37)40-9-4-12(32)16-13(5-9)41-24(20(36)18(16)34)8-1-2-10(30)11(31)3-8/h1-5,14-15,17,19,21-23,25-33,35-39H,6-7H2/t14-,15-,17-,19+,21-,22-,23-,25-,26-,27-/m1/s1. The Hall–Kier alpha value is -3.75. The summed E-state index contributed by atoms with van der Waals surface area (Å²) in [4.78, 5) is 12.8. The van der Waals surface area contributed by atoms with Gasteiger partial charge in [-0.1, -0.05) is 0 Å². The van der Waals surface area contributed by atoms with Gasteiger partial charge in [-0.05, 0) is 18.2 Å². The minimum atomic E-state index is -1.91. The lowest BCUT2D eigenvalue weighted by atomic mass is 9.97. The van der Waals surface area contributed by atoms with Gasteiger partial charge < -0.3 is 79.5 Å². The minimum absolute atomic E-state index is 0.00648. The molecular formula is C27H30O17. The van der Waals surface area contributed by atoms with Gasteiger partial charge in [-0.2, -0.15) is 0 Å². The summed E-state index contributed by atoms with van der Waals surface area (Å²) in [6, 6.07) is 5.36. The first kappa shape index (κ1) is 31.7. The number of phenols is 3. The van der Waals surface area contributed by atoms with Crippen LogP contribution in [0.2, 0.25) is 0 Å². The second-order valence-electron chi connectivity index (χ2n) is 10.3. The van der Waals surface area contributed by atoms with E-state index in [4.69, 9.17) is 23.4 Å². The van der Waals surface area contributed by atoms with E-state index in [1.54, 1.807) is 0 Å². The van der Waals surface area contributed by atoms with Gasteiger partial charge in [-0.3, -0.25) is 4.79 Å². The van der Waals surface area contributed by atoms with Crippen molar-refractivity contribution < 1.29 is 79.5 Å². The molecule has 0 radical (unpaired) electrons. The molecule has 2 saturated heterocycles. The largest absolute Gasteiger partial charge is 0.507 e. The second kappa shape index (κ2) is 12.3. The first-order valence-corrected chi connectivity index (χ1v) is 13.2. The van der Waals surface area contributed by atoms with Crippen LogP contribution in [0, 0.1) is 0 Å². The highest BCUT2D eigenvalue weighted by atomic mass is 16.7. The van der Waals surface area contributed by atoms with Gasteiger partial charge in [-0.15, -0.1) is 0 Å². The summed E-state index contributed by atoms with van der Waals surface area (Å²) < 4.78 is 27.5. The summed E-state index contributed by atoms with van der Waals surface area (Å²) in [6.07, 6.45) is -17.0. The predicted octanol–water partition coefficient (Wildman–Crippen LogP) is -2.71. The monoisotopic (exact) mass is 626 g/mol. The van der Waals surface area contributed by atoms with Crippen molar-refractivity contribution in [1.82, 2.24) is 0 Å². The maximum absolute atomic E-state index is 12.8. The van der Waals surface area contributed by atoms with Gasteiger partial charge in [0.05, 0.1) is 13.2 Å². The van der Waals surface area contributed by atoms with Crippen LogP contribution in [-0.4, -0.2) is 131 Å². The van der Waals surface area contributed by atoms with E-state index in [2.05, 4.69) is 0 Å². The van der Waals surface area contributed by atoms with E-state index in [9.17, 15) is 61.0 Å². The third-order valence-corrected chi connectivity index (χ3v) is 7.37. The van der Waals surface area contributed by atoms with Crippen molar-refractivity contribution in [2.24, 2.45) is 0 Å². The van der Waals surface area contributed by atoms with Crippen LogP contribution in [0.4, 0.5) is 0 Å². The van der Waals surface area contributed by atoms with E-state index in [-0.39, 0.29) is 16.9 Å². The maximum atomic E-state index is 12.8. The quantitative estimate of drug-likeness (QED) is 0.119. The van der Waals surface area contributed by atoms with Gasteiger partial charge in [0.25, 0.3) is 0 Å². The van der Waals surface area contributed by atoms with Gasteiger partial charge in [0.2, 0.25) is 17.5 Å². The van der Waals surface area contributed by atoms with E-state index in [1.165, 1.54) is 6.07 Å². The lowest BCUT2D eigenvalue weighted by molar-refractivity contribution is -0.352. The molecule has 0 saturated carbocycles. The molecule has 0 amide bonds. The highest BCUT2D eigenvalue weighted by molar-refractivity contribution is 5.88. The molecule has 17 nitrogen and oxygen atoms in total. The molecule has 11 N–H and O–H groups in total. The van der Waals surface area contributed by atoms with E-state index in [0.29, 0.717) is 0 Å². The number of phenolic OH excluding ortho intramolecular Hbond substituents is 3. The number of aromatic hydroxyl groups is 4. The molecule has 2 aromatic carbocycles. The number of hydrogen-bond donors (Lipinski definition) is 11. The van der Waals surface area contributed by atoms with Crippen molar-refractivity contribution in [2.45, 2.75) is 61.4 Å². The van der Waals surface area contributed by atoms with Crippen LogP contribution < -0.4 is 10.2 Å². The number of ether oxygens (including phenoxy) is 4.